The van der Waals surface area contributed by atoms with E-state index in [0.717, 1.165) is 5.56 Å². The largest absolute Gasteiger partial charge is 0.478 e. The first kappa shape index (κ1) is 10.3. The Morgan fingerprint density at radius 1 is 1.43 bits per heavy atom. The van der Waals surface area contributed by atoms with E-state index in [2.05, 4.69) is 6.58 Å². The van der Waals surface area contributed by atoms with Crippen molar-refractivity contribution in [1.82, 2.24) is 0 Å². The number of carboxylic acids is 1. The van der Waals surface area contributed by atoms with Gasteiger partial charge in [0.2, 0.25) is 0 Å². The van der Waals surface area contributed by atoms with Crippen LogP contribution in [0.3, 0.4) is 0 Å². The smallest absolute Gasteiger partial charge is 0.330 e. The minimum Gasteiger partial charge on any atom is -0.478 e. The van der Waals surface area contributed by atoms with Crippen LogP contribution in [0.5, 0.6) is 0 Å². The lowest BCUT2D eigenvalue weighted by Crippen LogP contribution is -2.01. The zero-order valence-electron chi connectivity index (χ0n) is 7.86. The average molecular weight is 191 g/mol. The molecule has 0 heterocycles. The SMILES string of the molecule is C=C(CCc1ccccc1N)C(=O)O. The molecule has 0 atom stereocenters. The summed E-state index contributed by atoms with van der Waals surface area (Å²) in [7, 11) is 0. The Morgan fingerprint density at radius 3 is 2.64 bits per heavy atom. The Balaban J connectivity index is 2.58. The van der Waals surface area contributed by atoms with Crippen LogP contribution in [0.15, 0.2) is 36.4 Å². The fourth-order valence-corrected chi connectivity index (χ4v) is 1.15. The van der Waals surface area contributed by atoms with Crippen molar-refractivity contribution in [3.8, 4) is 0 Å². The molecular formula is C11H13NO2. The second-order valence-corrected chi connectivity index (χ2v) is 3.11. The van der Waals surface area contributed by atoms with Crippen LogP contribution >= 0.6 is 0 Å². The van der Waals surface area contributed by atoms with Crippen molar-refractivity contribution < 1.29 is 9.90 Å². The van der Waals surface area contributed by atoms with E-state index in [1.165, 1.54) is 0 Å². The molecule has 3 heteroatoms. The fraction of sp³-hybridized carbons (Fsp3) is 0.182. The molecule has 3 nitrogen and oxygen atoms in total. The fourth-order valence-electron chi connectivity index (χ4n) is 1.15. The van der Waals surface area contributed by atoms with Crippen molar-refractivity contribution in [1.29, 1.82) is 0 Å². The van der Waals surface area contributed by atoms with Gasteiger partial charge in [-0.3, -0.25) is 0 Å². The summed E-state index contributed by atoms with van der Waals surface area (Å²) in [5.41, 5.74) is 7.59. The van der Waals surface area contributed by atoms with E-state index in [4.69, 9.17) is 10.8 Å². The first-order valence-corrected chi connectivity index (χ1v) is 4.35. The molecule has 0 aliphatic heterocycles. The molecule has 0 radical (unpaired) electrons. The molecule has 1 aromatic rings. The summed E-state index contributed by atoms with van der Waals surface area (Å²) in [6.45, 7) is 3.46. The zero-order valence-corrected chi connectivity index (χ0v) is 7.86. The number of rotatable bonds is 4. The predicted octanol–water partition coefficient (Wildman–Crippen LogP) is 1.84. The summed E-state index contributed by atoms with van der Waals surface area (Å²) in [5.74, 6) is -0.945. The molecule has 74 valence electrons. The van der Waals surface area contributed by atoms with Crippen molar-refractivity contribution >= 4 is 11.7 Å². The first-order chi connectivity index (χ1) is 6.61. The minimum absolute atomic E-state index is 0.216. The molecule has 1 rings (SSSR count). The molecule has 0 aromatic heterocycles. The monoisotopic (exact) mass is 191 g/mol. The molecule has 0 amide bonds. The number of nitrogen functional groups attached to an aromatic ring is 1. The summed E-state index contributed by atoms with van der Waals surface area (Å²) in [6, 6.07) is 7.43. The van der Waals surface area contributed by atoms with Crippen LogP contribution < -0.4 is 5.73 Å². The summed E-state index contributed by atoms with van der Waals surface area (Å²) >= 11 is 0. The molecule has 0 unspecified atom stereocenters. The van der Waals surface area contributed by atoms with Crippen molar-refractivity contribution in [3.63, 3.8) is 0 Å². The summed E-state index contributed by atoms with van der Waals surface area (Å²) in [4.78, 5) is 10.5. The number of hydrogen-bond donors (Lipinski definition) is 2. The van der Waals surface area contributed by atoms with Gasteiger partial charge in [-0.2, -0.15) is 0 Å². The highest BCUT2D eigenvalue weighted by molar-refractivity contribution is 5.85. The van der Waals surface area contributed by atoms with E-state index in [1.807, 2.05) is 18.2 Å². The van der Waals surface area contributed by atoms with Gasteiger partial charge in [0.05, 0.1) is 0 Å². The Morgan fingerprint density at radius 2 is 2.07 bits per heavy atom. The van der Waals surface area contributed by atoms with Gasteiger partial charge in [0.15, 0.2) is 0 Å². The second kappa shape index (κ2) is 4.46. The van der Waals surface area contributed by atoms with E-state index in [-0.39, 0.29) is 5.57 Å². The van der Waals surface area contributed by atoms with Gasteiger partial charge in [0, 0.05) is 11.3 Å². The Kier molecular flexibility index (Phi) is 3.29. The lowest BCUT2D eigenvalue weighted by atomic mass is 10.0. The van der Waals surface area contributed by atoms with E-state index < -0.39 is 5.97 Å². The molecule has 0 fully saturated rings. The number of nitrogens with two attached hydrogens (primary N) is 1. The Bertz CT molecular complexity index is 358. The molecule has 14 heavy (non-hydrogen) atoms. The molecule has 0 saturated carbocycles. The lowest BCUT2D eigenvalue weighted by molar-refractivity contribution is -0.132. The minimum atomic E-state index is -0.945. The van der Waals surface area contributed by atoms with Crippen molar-refractivity contribution in [2.24, 2.45) is 0 Å². The lowest BCUT2D eigenvalue weighted by Gasteiger charge is -2.04. The number of anilines is 1. The molecule has 0 saturated heterocycles. The van der Waals surface area contributed by atoms with E-state index in [1.54, 1.807) is 6.07 Å². The normalized spacial score (nSPS) is 9.71. The van der Waals surface area contributed by atoms with Crippen LogP contribution in [0.1, 0.15) is 12.0 Å². The van der Waals surface area contributed by atoms with Gasteiger partial charge in [-0.25, -0.2) is 4.79 Å². The van der Waals surface area contributed by atoms with Crippen molar-refractivity contribution in [2.45, 2.75) is 12.8 Å². The van der Waals surface area contributed by atoms with Crippen LogP contribution in [0.25, 0.3) is 0 Å². The summed E-state index contributed by atoms with van der Waals surface area (Å²) < 4.78 is 0. The van der Waals surface area contributed by atoms with E-state index in [0.29, 0.717) is 18.5 Å². The van der Waals surface area contributed by atoms with Crippen LogP contribution in [0.4, 0.5) is 5.69 Å². The number of carboxylic acid groups (broad SMARTS) is 1. The highest BCUT2D eigenvalue weighted by atomic mass is 16.4. The third-order valence-corrected chi connectivity index (χ3v) is 2.05. The molecular weight excluding hydrogens is 178 g/mol. The summed E-state index contributed by atoms with van der Waals surface area (Å²) in [5, 5.41) is 8.60. The number of benzene rings is 1. The molecule has 0 spiro atoms. The number of carbonyl (C=O) groups is 1. The second-order valence-electron chi connectivity index (χ2n) is 3.11. The van der Waals surface area contributed by atoms with Crippen LogP contribution in [0, 0.1) is 0 Å². The third kappa shape index (κ3) is 2.62. The maximum absolute atomic E-state index is 10.5. The quantitative estimate of drug-likeness (QED) is 0.563. The van der Waals surface area contributed by atoms with Gasteiger partial charge in [-0.05, 0) is 24.5 Å². The molecule has 0 aliphatic carbocycles. The first-order valence-electron chi connectivity index (χ1n) is 4.35. The number of aryl methyl sites for hydroxylation is 1. The van der Waals surface area contributed by atoms with E-state index in [9.17, 15) is 4.79 Å². The van der Waals surface area contributed by atoms with Gasteiger partial charge >= 0.3 is 5.97 Å². The highest BCUT2D eigenvalue weighted by Crippen LogP contribution is 2.14. The molecule has 3 N–H and O–H groups in total. The van der Waals surface area contributed by atoms with Crippen molar-refractivity contribution in [2.75, 3.05) is 5.73 Å². The number of aliphatic carboxylic acids is 1. The Hall–Kier alpha value is -1.77. The van der Waals surface area contributed by atoms with Gasteiger partial charge in [-0.1, -0.05) is 24.8 Å². The highest BCUT2D eigenvalue weighted by Gasteiger charge is 2.05. The van der Waals surface area contributed by atoms with E-state index >= 15 is 0 Å². The molecule has 0 aliphatic rings. The van der Waals surface area contributed by atoms with Crippen LogP contribution in [-0.2, 0) is 11.2 Å². The summed E-state index contributed by atoms with van der Waals surface area (Å²) in [6.07, 6.45) is 1.06. The molecule has 1 aromatic carbocycles. The molecule has 0 bridgehead atoms. The van der Waals surface area contributed by atoms with Crippen LogP contribution in [0.2, 0.25) is 0 Å². The van der Waals surface area contributed by atoms with Gasteiger partial charge in [-0.15, -0.1) is 0 Å². The van der Waals surface area contributed by atoms with Crippen molar-refractivity contribution in [3.05, 3.63) is 42.0 Å². The number of hydrogen-bond acceptors (Lipinski definition) is 2. The average Bonchev–Trinajstić information content (AvgIpc) is 2.16. The standard InChI is InChI=1S/C11H13NO2/c1-8(11(13)14)6-7-9-4-2-3-5-10(9)12/h2-5H,1,6-7,12H2,(H,13,14). The third-order valence-electron chi connectivity index (χ3n) is 2.05. The van der Waals surface area contributed by atoms with Crippen LogP contribution in [-0.4, -0.2) is 11.1 Å². The maximum Gasteiger partial charge on any atom is 0.330 e. The topological polar surface area (TPSA) is 63.3 Å². The predicted molar refractivity (Wildman–Crippen MR) is 56.0 cm³/mol. The zero-order chi connectivity index (χ0) is 10.6. The van der Waals surface area contributed by atoms with Gasteiger partial charge in [0.25, 0.3) is 0 Å². The maximum atomic E-state index is 10.5. The Labute approximate surface area is 82.9 Å². The number of para-hydroxylation sites is 1. The van der Waals surface area contributed by atoms with Gasteiger partial charge in [0.1, 0.15) is 0 Å². The van der Waals surface area contributed by atoms with Gasteiger partial charge < -0.3 is 10.8 Å².